The first kappa shape index (κ1) is 13.1. The third-order valence-corrected chi connectivity index (χ3v) is 3.56. The van der Waals surface area contributed by atoms with Gasteiger partial charge >= 0.3 is 5.97 Å². The molecule has 5 nitrogen and oxygen atoms in total. The Morgan fingerprint density at radius 2 is 2.33 bits per heavy atom. The number of ether oxygens (including phenoxy) is 1. The smallest absolute Gasteiger partial charge is 0.310 e. The second-order valence-corrected chi connectivity index (χ2v) is 4.75. The predicted octanol–water partition coefficient (Wildman–Crippen LogP) is 1.89. The van der Waals surface area contributed by atoms with Crippen LogP contribution in [0, 0.1) is 5.92 Å². The SMILES string of the molecule is COC(=O)[C@@H]1CCCCC[C@@H]1NCc1ccon1. The first-order chi connectivity index (χ1) is 8.81. The molecule has 1 heterocycles. The topological polar surface area (TPSA) is 64.4 Å². The first-order valence-electron chi connectivity index (χ1n) is 6.51. The van der Waals surface area contributed by atoms with Gasteiger partial charge in [-0.3, -0.25) is 4.79 Å². The van der Waals surface area contributed by atoms with Gasteiger partial charge in [-0.25, -0.2) is 0 Å². The van der Waals surface area contributed by atoms with E-state index in [1.54, 1.807) is 6.26 Å². The number of esters is 1. The van der Waals surface area contributed by atoms with Gasteiger partial charge in [-0.05, 0) is 12.8 Å². The maximum absolute atomic E-state index is 11.8. The van der Waals surface area contributed by atoms with Crippen LogP contribution >= 0.6 is 0 Å². The molecule has 18 heavy (non-hydrogen) atoms. The minimum absolute atomic E-state index is 0.0376. The van der Waals surface area contributed by atoms with Crippen molar-refractivity contribution in [1.29, 1.82) is 0 Å². The van der Waals surface area contributed by atoms with E-state index in [4.69, 9.17) is 9.26 Å². The Morgan fingerprint density at radius 3 is 3.06 bits per heavy atom. The molecule has 2 atom stereocenters. The van der Waals surface area contributed by atoms with E-state index >= 15 is 0 Å². The van der Waals surface area contributed by atoms with Crippen molar-refractivity contribution >= 4 is 5.97 Å². The molecule has 1 saturated carbocycles. The number of methoxy groups -OCH3 is 1. The van der Waals surface area contributed by atoms with Gasteiger partial charge in [-0.15, -0.1) is 0 Å². The summed E-state index contributed by atoms with van der Waals surface area (Å²) in [5.74, 6) is -0.140. The van der Waals surface area contributed by atoms with Crippen molar-refractivity contribution in [3.63, 3.8) is 0 Å². The van der Waals surface area contributed by atoms with E-state index in [2.05, 4.69) is 10.5 Å². The fourth-order valence-corrected chi connectivity index (χ4v) is 2.55. The molecular weight excluding hydrogens is 232 g/mol. The highest BCUT2D eigenvalue weighted by atomic mass is 16.5. The maximum Gasteiger partial charge on any atom is 0.310 e. The minimum Gasteiger partial charge on any atom is -0.469 e. The number of nitrogens with one attached hydrogen (secondary N) is 1. The fourth-order valence-electron chi connectivity index (χ4n) is 2.55. The summed E-state index contributed by atoms with van der Waals surface area (Å²) in [6.07, 6.45) is 6.92. The van der Waals surface area contributed by atoms with Gasteiger partial charge in [0.1, 0.15) is 6.26 Å². The minimum atomic E-state index is -0.102. The largest absolute Gasteiger partial charge is 0.469 e. The Bertz CT molecular complexity index is 364. The van der Waals surface area contributed by atoms with Gasteiger partial charge < -0.3 is 14.6 Å². The maximum atomic E-state index is 11.8. The molecule has 1 aliphatic carbocycles. The molecule has 1 aromatic heterocycles. The number of carbonyl (C=O) groups is 1. The summed E-state index contributed by atoms with van der Waals surface area (Å²) >= 11 is 0. The Hall–Kier alpha value is -1.36. The summed E-state index contributed by atoms with van der Waals surface area (Å²) in [7, 11) is 1.46. The molecule has 0 amide bonds. The van der Waals surface area contributed by atoms with E-state index in [9.17, 15) is 4.79 Å². The fraction of sp³-hybridized carbons (Fsp3) is 0.692. The number of rotatable bonds is 4. The Kier molecular flexibility index (Phi) is 4.75. The highest BCUT2D eigenvalue weighted by molar-refractivity contribution is 5.73. The Labute approximate surface area is 107 Å². The Morgan fingerprint density at radius 1 is 1.50 bits per heavy atom. The lowest BCUT2D eigenvalue weighted by atomic mass is 9.95. The molecule has 1 N–H and O–H groups in total. The lowest BCUT2D eigenvalue weighted by Gasteiger charge is -2.23. The van der Waals surface area contributed by atoms with Gasteiger partial charge in [-0.1, -0.05) is 24.4 Å². The number of nitrogens with zero attached hydrogens (tertiary/aromatic N) is 1. The number of aromatic nitrogens is 1. The van der Waals surface area contributed by atoms with Crippen molar-refractivity contribution in [2.45, 2.75) is 44.7 Å². The van der Waals surface area contributed by atoms with Crippen molar-refractivity contribution in [2.24, 2.45) is 5.92 Å². The highest BCUT2D eigenvalue weighted by Gasteiger charge is 2.30. The van der Waals surface area contributed by atoms with E-state index in [0.717, 1.165) is 31.4 Å². The van der Waals surface area contributed by atoms with Gasteiger partial charge in [0.25, 0.3) is 0 Å². The molecule has 1 fully saturated rings. The normalized spacial score (nSPS) is 24.5. The second-order valence-electron chi connectivity index (χ2n) is 4.75. The number of hydrogen-bond acceptors (Lipinski definition) is 5. The molecule has 0 aliphatic heterocycles. The zero-order valence-electron chi connectivity index (χ0n) is 10.7. The quantitative estimate of drug-likeness (QED) is 0.655. The van der Waals surface area contributed by atoms with Crippen LogP contribution in [-0.2, 0) is 16.1 Å². The van der Waals surface area contributed by atoms with Crippen LogP contribution in [-0.4, -0.2) is 24.3 Å². The molecular formula is C13H20N2O3. The lowest BCUT2D eigenvalue weighted by Crippen LogP contribution is -2.39. The monoisotopic (exact) mass is 252 g/mol. The third-order valence-electron chi connectivity index (χ3n) is 3.56. The lowest BCUT2D eigenvalue weighted by molar-refractivity contribution is -0.146. The summed E-state index contributed by atoms with van der Waals surface area (Å²) in [4.78, 5) is 11.8. The van der Waals surface area contributed by atoms with Crippen molar-refractivity contribution in [3.8, 4) is 0 Å². The average Bonchev–Trinajstić information content (AvgIpc) is 2.80. The molecule has 2 rings (SSSR count). The van der Waals surface area contributed by atoms with Crippen molar-refractivity contribution in [3.05, 3.63) is 18.0 Å². The van der Waals surface area contributed by atoms with Gasteiger partial charge in [0.15, 0.2) is 0 Å². The summed E-state index contributed by atoms with van der Waals surface area (Å²) in [6, 6.07) is 2.01. The van der Waals surface area contributed by atoms with Crippen LogP contribution in [0.5, 0.6) is 0 Å². The van der Waals surface area contributed by atoms with Crippen molar-refractivity contribution in [1.82, 2.24) is 10.5 Å². The Balaban J connectivity index is 1.94. The van der Waals surface area contributed by atoms with Gasteiger partial charge in [-0.2, -0.15) is 0 Å². The molecule has 1 aromatic rings. The third kappa shape index (κ3) is 3.32. The van der Waals surface area contributed by atoms with Crippen LogP contribution < -0.4 is 5.32 Å². The van der Waals surface area contributed by atoms with Crippen LogP contribution in [0.2, 0.25) is 0 Å². The van der Waals surface area contributed by atoms with Crippen LogP contribution in [0.25, 0.3) is 0 Å². The zero-order valence-corrected chi connectivity index (χ0v) is 10.7. The standard InChI is InChI=1S/C13H20N2O3/c1-17-13(16)11-5-3-2-4-6-12(11)14-9-10-7-8-18-15-10/h7-8,11-12,14H,2-6,9H2,1H3/t11-,12+/m1/s1. The molecule has 5 heteroatoms. The van der Waals surface area contributed by atoms with Gasteiger partial charge in [0.2, 0.25) is 0 Å². The molecule has 0 spiro atoms. The summed E-state index contributed by atoms with van der Waals surface area (Å²) in [6.45, 7) is 0.634. The van der Waals surface area contributed by atoms with Crippen LogP contribution in [0.15, 0.2) is 16.9 Å². The molecule has 1 aliphatic rings. The van der Waals surface area contributed by atoms with Crippen molar-refractivity contribution in [2.75, 3.05) is 7.11 Å². The molecule has 0 aromatic carbocycles. The molecule has 100 valence electrons. The van der Waals surface area contributed by atoms with E-state index in [1.165, 1.54) is 13.5 Å². The van der Waals surface area contributed by atoms with Crippen LogP contribution in [0.3, 0.4) is 0 Å². The summed E-state index contributed by atoms with van der Waals surface area (Å²) in [5, 5.41) is 7.27. The van der Waals surface area contributed by atoms with E-state index in [-0.39, 0.29) is 17.9 Å². The highest BCUT2D eigenvalue weighted by Crippen LogP contribution is 2.24. The van der Waals surface area contributed by atoms with E-state index < -0.39 is 0 Å². The van der Waals surface area contributed by atoms with Crippen LogP contribution in [0.4, 0.5) is 0 Å². The van der Waals surface area contributed by atoms with E-state index in [1.807, 2.05) is 6.07 Å². The molecule has 0 radical (unpaired) electrons. The van der Waals surface area contributed by atoms with Gasteiger partial charge in [0.05, 0.1) is 18.7 Å². The zero-order chi connectivity index (χ0) is 12.8. The molecule has 0 unspecified atom stereocenters. The van der Waals surface area contributed by atoms with Crippen molar-refractivity contribution < 1.29 is 14.1 Å². The molecule has 0 bridgehead atoms. The first-order valence-corrected chi connectivity index (χ1v) is 6.51. The number of hydrogen-bond donors (Lipinski definition) is 1. The predicted molar refractivity (Wildman–Crippen MR) is 65.7 cm³/mol. The summed E-state index contributed by atoms with van der Waals surface area (Å²) < 4.78 is 9.69. The summed E-state index contributed by atoms with van der Waals surface area (Å²) in [5.41, 5.74) is 0.864. The van der Waals surface area contributed by atoms with Crippen LogP contribution in [0.1, 0.15) is 37.8 Å². The molecule has 0 saturated heterocycles. The van der Waals surface area contributed by atoms with Gasteiger partial charge in [0, 0.05) is 18.7 Å². The number of carbonyl (C=O) groups excluding carboxylic acids is 1. The second kappa shape index (κ2) is 6.54. The average molecular weight is 252 g/mol. The van der Waals surface area contributed by atoms with E-state index in [0.29, 0.717) is 6.54 Å².